The second kappa shape index (κ2) is 8.64. The maximum absolute atomic E-state index is 13.5. The highest BCUT2D eigenvalue weighted by atomic mass is 32.2. The molecule has 0 aliphatic rings. The molecule has 11 heteroatoms. The van der Waals surface area contributed by atoms with Gasteiger partial charge < -0.3 is 10.1 Å². The van der Waals surface area contributed by atoms with Crippen molar-refractivity contribution in [3.63, 3.8) is 0 Å². The Balaban J connectivity index is 1.85. The van der Waals surface area contributed by atoms with Crippen LogP contribution >= 0.6 is 0 Å². The van der Waals surface area contributed by atoms with Crippen molar-refractivity contribution in [3.8, 4) is 0 Å². The van der Waals surface area contributed by atoms with E-state index >= 15 is 0 Å². The van der Waals surface area contributed by atoms with Gasteiger partial charge in [-0.3, -0.25) is 9.59 Å². The maximum atomic E-state index is 13.5. The molecule has 0 radical (unpaired) electrons. The average molecular weight is 402 g/mol. The van der Waals surface area contributed by atoms with Gasteiger partial charge in [-0.2, -0.15) is 4.72 Å². The van der Waals surface area contributed by atoms with Gasteiger partial charge in [-0.05, 0) is 24.3 Å². The molecule has 0 fully saturated rings. The molecule has 0 bridgehead atoms. The Morgan fingerprint density at radius 1 is 1.00 bits per heavy atom. The van der Waals surface area contributed by atoms with Gasteiger partial charge in [0, 0.05) is 6.07 Å². The van der Waals surface area contributed by atoms with Crippen molar-refractivity contribution in [1.82, 2.24) is 4.72 Å². The lowest BCUT2D eigenvalue weighted by Gasteiger charge is -2.09. The quantitative estimate of drug-likeness (QED) is 0.685. The second-order valence-electron chi connectivity index (χ2n) is 5.09. The van der Waals surface area contributed by atoms with E-state index in [9.17, 15) is 31.2 Å². The minimum atomic E-state index is -4.30. The molecule has 2 aromatic rings. The van der Waals surface area contributed by atoms with Gasteiger partial charge in [0.15, 0.2) is 6.61 Å². The molecule has 0 spiro atoms. The Morgan fingerprint density at radius 2 is 1.70 bits per heavy atom. The van der Waals surface area contributed by atoms with Crippen LogP contribution in [0.5, 0.6) is 0 Å². The van der Waals surface area contributed by atoms with Crippen LogP contribution < -0.4 is 10.0 Å². The molecular weight excluding hydrogens is 389 g/mol. The van der Waals surface area contributed by atoms with Gasteiger partial charge in [0.05, 0.1) is 5.69 Å². The summed E-state index contributed by atoms with van der Waals surface area (Å²) in [5.74, 6) is -4.79. The molecule has 0 atom stereocenters. The fourth-order valence-electron chi connectivity index (χ4n) is 1.87. The summed E-state index contributed by atoms with van der Waals surface area (Å²) >= 11 is 0. The van der Waals surface area contributed by atoms with Crippen molar-refractivity contribution in [3.05, 3.63) is 59.9 Å². The highest BCUT2D eigenvalue weighted by molar-refractivity contribution is 7.89. The lowest BCUT2D eigenvalue weighted by Crippen LogP contribution is -2.32. The van der Waals surface area contributed by atoms with Crippen molar-refractivity contribution < 1.29 is 35.9 Å². The van der Waals surface area contributed by atoms with Crippen LogP contribution in [0, 0.1) is 17.5 Å². The van der Waals surface area contributed by atoms with E-state index in [0.717, 1.165) is 30.3 Å². The van der Waals surface area contributed by atoms with E-state index in [1.54, 1.807) is 0 Å². The monoisotopic (exact) mass is 402 g/mol. The number of amides is 1. The third-order valence-corrected chi connectivity index (χ3v) is 4.53. The summed E-state index contributed by atoms with van der Waals surface area (Å²) in [6.45, 7) is -1.73. The zero-order valence-corrected chi connectivity index (χ0v) is 14.4. The van der Waals surface area contributed by atoms with Crippen LogP contribution in [0.3, 0.4) is 0 Å². The highest BCUT2D eigenvalue weighted by Crippen LogP contribution is 2.15. The molecular formula is C16H13F3N2O5S. The minimum Gasteiger partial charge on any atom is -0.455 e. The number of sulfonamides is 1. The minimum absolute atomic E-state index is 0.448. The Kier molecular flexibility index (Phi) is 6.53. The molecule has 1 amide bonds. The lowest BCUT2D eigenvalue weighted by molar-refractivity contribution is -0.146. The number of rotatable bonds is 7. The van der Waals surface area contributed by atoms with Gasteiger partial charge >= 0.3 is 5.97 Å². The predicted octanol–water partition coefficient (Wildman–Crippen LogP) is 1.56. The SMILES string of the molecule is O=C(COC(=O)CNS(=O)(=O)c1ccccc1F)Nc1cc(F)ccc1F. The Labute approximate surface area is 152 Å². The summed E-state index contributed by atoms with van der Waals surface area (Å²) in [5.41, 5.74) is -0.448. The second-order valence-corrected chi connectivity index (χ2v) is 6.82. The number of anilines is 1. The number of hydrogen-bond acceptors (Lipinski definition) is 5. The van der Waals surface area contributed by atoms with Crippen molar-refractivity contribution in [2.24, 2.45) is 0 Å². The molecule has 2 rings (SSSR count). The first-order chi connectivity index (χ1) is 12.7. The van der Waals surface area contributed by atoms with Gasteiger partial charge in [-0.1, -0.05) is 12.1 Å². The van der Waals surface area contributed by atoms with Crippen molar-refractivity contribution in [2.75, 3.05) is 18.5 Å². The number of ether oxygens (including phenoxy) is 1. The lowest BCUT2D eigenvalue weighted by atomic mass is 10.3. The molecule has 2 aromatic carbocycles. The maximum Gasteiger partial charge on any atom is 0.321 e. The van der Waals surface area contributed by atoms with Gasteiger partial charge in [-0.25, -0.2) is 21.6 Å². The van der Waals surface area contributed by atoms with Crippen LogP contribution in [-0.2, 0) is 24.3 Å². The summed E-state index contributed by atoms with van der Waals surface area (Å²) in [5, 5.41) is 1.99. The first-order valence-electron chi connectivity index (χ1n) is 7.34. The van der Waals surface area contributed by atoms with E-state index in [1.165, 1.54) is 12.1 Å². The standard InChI is InChI=1S/C16H13F3N2O5S/c17-10-5-6-11(18)13(7-10)21-15(22)9-26-16(23)8-20-27(24,25)14-4-2-1-3-12(14)19/h1-7,20H,8-9H2,(H,21,22). The van der Waals surface area contributed by atoms with E-state index in [1.807, 2.05) is 10.0 Å². The smallest absolute Gasteiger partial charge is 0.321 e. The van der Waals surface area contributed by atoms with Crippen LogP contribution in [0.15, 0.2) is 47.4 Å². The van der Waals surface area contributed by atoms with E-state index in [-0.39, 0.29) is 0 Å². The van der Waals surface area contributed by atoms with Crippen molar-refractivity contribution >= 4 is 27.6 Å². The number of carbonyl (C=O) groups excluding carboxylic acids is 2. The van der Waals surface area contributed by atoms with E-state index < -0.39 is 63.1 Å². The normalized spacial score (nSPS) is 11.1. The number of hydrogen-bond donors (Lipinski definition) is 2. The molecule has 27 heavy (non-hydrogen) atoms. The third kappa shape index (κ3) is 5.79. The van der Waals surface area contributed by atoms with Gasteiger partial charge in [0.25, 0.3) is 5.91 Å². The van der Waals surface area contributed by atoms with Crippen LogP contribution in [0.1, 0.15) is 0 Å². The average Bonchev–Trinajstić information content (AvgIpc) is 2.61. The molecule has 0 aliphatic heterocycles. The molecule has 7 nitrogen and oxygen atoms in total. The Morgan fingerprint density at radius 3 is 2.41 bits per heavy atom. The van der Waals surface area contributed by atoms with Gasteiger partial charge in [0.2, 0.25) is 10.0 Å². The highest BCUT2D eigenvalue weighted by Gasteiger charge is 2.20. The molecule has 0 saturated heterocycles. The molecule has 144 valence electrons. The van der Waals surface area contributed by atoms with Crippen molar-refractivity contribution in [1.29, 1.82) is 0 Å². The summed E-state index contributed by atoms with van der Waals surface area (Å²) in [4.78, 5) is 22.5. The van der Waals surface area contributed by atoms with Crippen LogP contribution in [0.2, 0.25) is 0 Å². The topological polar surface area (TPSA) is 102 Å². The largest absolute Gasteiger partial charge is 0.455 e. The number of nitrogens with one attached hydrogen (secondary N) is 2. The van der Waals surface area contributed by atoms with Crippen molar-refractivity contribution in [2.45, 2.75) is 4.90 Å². The zero-order chi connectivity index (χ0) is 20.0. The molecule has 0 unspecified atom stereocenters. The van der Waals surface area contributed by atoms with Crippen LogP contribution in [-0.4, -0.2) is 33.4 Å². The predicted molar refractivity (Wildman–Crippen MR) is 87.5 cm³/mol. The summed E-state index contributed by atoms with van der Waals surface area (Å²) < 4.78 is 70.0. The third-order valence-electron chi connectivity index (χ3n) is 3.10. The van der Waals surface area contributed by atoms with Gasteiger partial charge in [0.1, 0.15) is 28.9 Å². The number of halogens is 3. The zero-order valence-electron chi connectivity index (χ0n) is 13.5. The fraction of sp³-hybridized carbons (Fsp3) is 0.125. The first-order valence-corrected chi connectivity index (χ1v) is 8.82. The number of carbonyl (C=O) groups is 2. The summed E-state index contributed by atoms with van der Waals surface area (Å²) in [7, 11) is -4.30. The summed E-state index contributed by atoms with van der Waals surface area (Å²) in [6.07, 6.45) is 0. The molecule has 2 N–H and O–H groups in total. The van der Waals surface area contributed by atoms with E-state index in [0.29, 0.717) is 0 Å². The molecule has 0 heterocycles. The Bertz CT molecular complexity index is 966. The fourth-order valence-corrected chi connectivity index (χ4v) is 2.92. The Hall–Kier alpha value is -2.92. The molecule has 0 saturated carbocycles. The summed E-state index contributed by atoms with van der Waals surface area (Å²) in [6, 6.07) is 6.92. The van der Waals surface area contributed by atoms with Crippen LogP contribution in [0.25, 0.3) is 0 Å². The first kappa shape index (κ1) is 20.4. The van der Waals surface area contributed by atoms with E-state index in [2.05, 4.69) is 4.74 Å². The molecule has 0 aliphatic carbocycles. The van der Waals surface area contributed by atoms with E-state index in [4.69, 9.17) is 0 Å². The number of esters is 1. The molecule has 0 aromatic heterocycles. The number of benzene rings is 2. The van der Waals surface area contributed by atoms with Crippen LogP contribution in [0.4, 0.5) is 18.9 Å². The van der Waals surface area contributed by atoms with Gasteiger partial charge in [-0.15, -0.1) is 0 Å².